The summed E-state index contributed by atoms with van der Waals surface area (Å²) in [6.45, 7) is 1.52. The number of ether oxygens (including phenoxy) is 1. The summed E-state index contributed by atoms with van der Waals surface area (Å²) in [5, 5.41) is 2.98. The fourth-order valence-corrected chi connectivity index (χ4v) is 3.47. The number of methoxy groups -OCH3 is 1. The zero-order valence-electron chi connectivity index (χ0n) is 13.7. The van der Waals surface area contributed by atoms with Crippen LogP contribution in [0.1, 0.15) is 24.6 Å². The number of carbonyl (C=O) groups is 1. The monoisotopic (exact) mass is 314 g/mol. The molecular formula is C18H24N3O2+. The number of rotatable bonds is 5. The van der Waals surface area contributed by atoms with Gasteiger partial charge in [-0.3, -0.25) is 4.79 Å². The van der Waals surface area contributed by atoms with Crippen molar-refractivity contribution in [3.8, 4) is 5.75 Å². The molecule has 1 aromatic carbocycles. The number of hydrogen-bond acceptors (Lipinski definition) is 2. The summed E-state index contributed by atoms with van der Waals surface area (Å²) < 4.78 is 7.45. The number of carbonyl (C=O) groups excluding carboxylic acids is 1. The smallest absolute Gasteiger partial charge is 0.279 e. The first kappa shape index (κ1) is 15.6. The molecule has 0 radical (unpaired) electrons. The van der Waals surface area contributed by atoms with Gasteiger partial charge in [0.2, 0.25) is 0 Å². The highest BCUT2D eigenvalue weighted by Gasteiger charge is 2.33. The third kappa shape index (κ3) is 3.40. The SMILES string of the molecule is COc1ccccc1NC(=O)C[NH+]1CCC[C@H]1c1cccn1C. The molecular weight excluding hydrogens is 290 g/mol. The Morgan fingerprint density at radius 2 is 2.17 bits per heavy atom. The number of nitrogens with zero attached hydrogens (tertiary/aromatic N) is 1. The molecule has 0 spiro atoms. The lowest BCUT2D eigenvalue weighted by atomic mass is 10.1. The summed E-state index contributed by atoms with van der Waals surface area (Å²) in [5.41, 5.74) is 2.04. The van der Waals surface area contributed by atoms with Crippen LogP contribution in [0, 0.1) is 0 Å². The highest BCUT2D eigenvalue weighted by atomic mass is 16.5. The Morgan fingerprint density at radius 3 is 2.91 bits per heavy atom. The van der Waals surface area contributed by atoms with E-state index < -0.39 is 0 Å². The number of likely N-dealkylation sites (tertiary alicyclic amines) is 1. The van der Waals surface area contributed by atoms with Crippen LogP contribution >= 0.6 is 0 Å². The summed E-state index contributed by atoms with van der Waals surface area (Å²) in [6, 6.07) is 12.1. The summed E-state index contributed by atoms with van der Waals surface area (Å²) in [4.78, 5) is 13.8. The van der Waals surface area contributed by atoms with Crippen LogP contribution in [0.3, 0.4) is 0 Å². The van der Waals surface area contributed by atoms with Crippen molar-refractivity contribution in [2.75, 3.05) is 25.5 Å². The molecule has 23 heavy (non-hydrogen) atoms. The second-order valence-corrected chi connectivity index (χ2v) is 6.07. The van der Waals surface area contributed by atoms with E-state index in [1.54, 1.807) is 7.11 Å². The summed E-state index contributed by atoms with van der Waals surface area (Å²) in [5.74, 6) is 0.724. The van der Waals surface area contributed by atoms with Gasteiger partial charge in [-0.2, -0.15) is 0 Å². The molecule has 0 bridgehead atoms. The fourth-order valence-electron chi connectivity index (χ4n) is 3.47. The van der Waals surface area contributed by atoms with Crippen molar-refractivity contribution in [1.29, 1.82) is 0 Å². The minimum Gasteiger partial charge on any atom is -0.495 e. The molecule has 122 valence electrons. The van der Waals surface area contributed by atoms with Gasteiger partial charge in [-0.05, 0) is 24.3 Å². The molecule has 3 rings (SSSR count). The lowest BCUT2D eigenvalue weighted by Crippen LogP contribution is -3.11. The van der Waals surface area contributed by atoms with Crippen LogP contribution in [0.25, 0.3) is 0 Å². The molecule has 2 heterocycles. The summed E-state index contributed by atoms with van der Waals surface area (Å²) in [7, 11) is 3.68. The van der Waals surface area contributed by atoms with Crippen molar-refractivity contribution in [2.24, 2.45) is 7.05 Å². The lowest BCUT2D eigenvalue weighted by Gasteiger charge is -2.22. The molecule has 1 aromatic heterocycles. The standard InChI is InChI=1S/C18H23N3O2/c1-20-11-5-8-15(20)16-9-6-12-21(16)13-18(22)19-14-7-3-4-10-17(14)23-2/h3-5,7-8,10-11,16H,6,9,12-13H2,1-2H3,(H,19,22)/p+1/t16-/m0/s1. The molecule has 2 aromatic rings. The van der Waals surface area contributed by atoms with Gasteiger partial charge < -0.3 is 19.5 Å². The Labute approximate surface area is 136 Å². The van der Waals surface area contributed by atoms with Gasteiger partial charge in [0.1, 0.15) is 11.8 Å². The van der Waals surface area contributed by atoms with Crippen LogP contribution in [0.2, 0.25) is 0 Å². The van der Waals surface area contributed by atoms with E-state index in [0.29, 0.717) is 18.3 Å². The van der Waals surface area contributed by atoms with Gasteiger partial charge in [0, 0.05) is 26.1 Å². The topological polar surface area (TPSA) is 47.7 Å². The number of para-hydroxylation sites is 2. The van der Waals surface area contributed by atoms with Gasteiger partial charge in [0.15, 0.2) is 6.54 Å². The van der Waals surface area contributed by atoms with Crippen molar-refractivity contribution >= 4 is 11.6 Å². The van der Waals surface area contributed by atoms with Gasteiger partial charge in [-0.25, -0.2) is 0 Å². The zero-order chi connectivity index (χ0) is 16.2. The second kappa shape index (κ2) is 6.87. The van der Waals surface area contributed by atoms with Crippen molar-refractivity contribution in [1.82, 2.24) is 4.57 Å². The van der Waals surface area contributed by atoms with E-state index in [2.05, 4.69) is 35.3 Å². The molecule has 1 unspecified atom stereocenters. The number of amides is 1. The number of hydrogen-bond donors (Lipinski definition) is 2. The molecule has 0 aliphatic carbocycles. The van der Waals surface area contributed by atoms with E-state index in [9.17, 15) is 4.79 Å². The summed E-state index contributed by atoms with van der Waals surface area (Å²) >= 11 is 0. The molecule has 1 aliphatic rings. The maximum atomic E-state index is 12.4. The minimum atomic E-state index is 0.0330. The Hall–Kier alpha value is -2.27. The van der Waals surface area contributed by atoms with Crippen molar-refractivity contribution in [3.63, 3.8) is 0 Å². The highest BCUT2D eigenvalue weighted by molar-refractivity contribution is 5.92. The third-order valence-corrected chi connectivity index (χ3v) is 4.59. The molecule has 1 aliphatic heterocycles. The average Bonchev–Trinajstić information content (AvgIpc) is 3.16. The van der Waals surface area contributed by atoms with Crippen LogP contribution < -0.4 is 15.0 Å². The third-order valence-electron chi connectivity index (χ3n) is 4.59. The first-order valence-electron chi connectivity index (χ1n) is 8.07. The van der Waals surface area contributed by atoms with Gasteiger partial charge in [0.25, 0.3) is 5.91 Å². The van der Waals surface area contributed by atoms with Crippen LogP contribution in [0.15, 0.2) is 42.6 Å². The molecule has 2 N–H and O–H groups in total. The zero-order valence-corrected chi connectivity index (χ0v) is 13.7. The molecule has 1 saturated heterocycles. The van der Waals surface area contributed by atoms with Crippen LogP contribution in [0.5, 0.6) is 5.75 Å². The predicted molar refractivity (Wildman–Crippen MR) is 89.7 cm³/mol. The van der Waals surface area contributed by atoms with Crippen molar-refractivity contribution in [3.05, 3.63) is 48.3 Å². The van der Waals surface area contributed by atoms with E-state index >= 15 is 0 Å². The van der Waals surface area contributed by atoms with E-state index in [1.807, 2.05) is 24.3 Å². The number of nitrogens with one attached hydrogen (secondary N) is 2. The number of anilines is 1. The largest absolute Gasteiger partial charge is 0.495 e. The lowest BCUT2D eigenvalue weighted by molar-refractivity contribution is -0.910. The van der Waals surface area contributed by atoms with Gasteiger partial charge >= 0.3 is 0 Å². The quantitative estimate of drug-likeness (QED) is 0.876. The highest BCUT2D eigenvalue weighted by Crippen LogP contribution is 2.23. The predicted octanol–water partition coefficient (Wildman–Crippen LogP) is 1.39. The Bertz CT molecular complexity index is 680. The fraction of sp³-hybridized carbons (Fsp3) is 0.389. The molecule has 0 saturated carbocycles. The normalized spacial score (nSPS) is 20.4. The molecule has 1 fully saturated rings. The second-order valence-electron chi connectivity index (χ2n) is 6.07. The Kier molecular flexibility index (Phi) is 4.67. The van der Waals surface area contributed by atoms with E-state index in [0.717, 1.165) is 25.1 Å². The Morgan fingerprint density at radius 1 is 1.35 bits per heavy atom. The first-order chi connectivity index (χ1) is 11.2. The number of aromatic nitrogens is 1. The maximum Gasteiger partial charge on any atom is 0.279 e. The molecule has 5 nitrogen and oxygen atoms in total. The van der Waals surface area contributed by atoms with Crippen LogP contribution in [0.4, 0.5) is 5.69 Å². The van der Waals surface area contributed by atoms with Crippen molar-refractivity contribution < 1.29 is 14.4 Å². The van der Waals surface area contributed by atoms with Gasteiger partial charge in [-0.15, -0.1) is 0 Å². The molecule has 2 atom stereocenters. The van der Waals surface area contributed by atoms with E-state index in [1.165, 1.54) is 10.6 Å². The number of quaternary nitrogens is 1. The van der Waals surface area contributed by atoms with Gasteiger partial charge in [-0.1, -0.05) is 12.1 Å². The van der Waals surface area contributed by atoms with E-state index in [-0.39, 0.29) is 5.91 Å². The number of benzene rings is 1. The molecule has 5 heteroatoms. The molecule has 1 amide bonds. The first-order valence-corrected chi connectivity index (χ1v) is 8.07. The number of aryl methyl sites for hydroxylation is 1. The Balaban J connectivity index is 1.66. The van der Waals surface area contributed by atoms with Gasteiger partial charge in [0.05, 0.1) is 25.0 Å². The van der Waals surface area contributed by atoms with Crippen LogP contribution in [-0.4, -0.2) is 30.7 Å². The van der Waals surface area contributed by atoms with E-state index in [4.69, 9.17) is 4.74 Å². The minimum absolute atomic E-state index is 0.0330. The average molecular weight is 314 g/mol. The maximum absolute atomic E-state index is 12.4. The van der Waals surface area contributed by atoms with Crippen molar-refractivity contribution in [2.45, 2.75) is 18.9 Å². The summed E-state index contributed by atoms with van der Waals surface area (Å²) in [6.07, 6.45) is 4.36. The van der Waals surface area contributed by atoms with Crippen LogP contribution in [-0.2, 0) is 11.8 Å².